The van der Waals surface area contributed by atoms with Crippen LogP contribution in [-0.2, 0) is 11.3 Å². The van der Waals surface area contributed by atoms with E-state index < -0.39 is 0 Å². The molecular formula is C16H25N3O2. The molecule has 0 saturated heterocycles. The summed E-state index contributed by atoms with van der Waals surface area (Å²) in [5.74, 6) is 1.87. The van der Waals surface area contributed by atoms with Gasteiger partial charge in [-0.1, -0.05) is 12.1 Å². The molecule has 0 amide bonds. The third kappa shape index (κ3) is 4.63. The summed E-state index contributed by atoms with van der Waals surface area (Å²) < 4.78 is 11.2. The Balaban J connectivity index is 1.94. The van der Waals surface area contributed by atoms with Crippen molar-refractivity contribution in [2.24, 2.45) is 4.99 Å². The normalized spacial score (nSPS) is 14.2. The number of aliphatic imine (C=N–C) groups is 1. The summed E-state index contributed by atoms with van der Waals surface area (Å²) in [5, 5.41) is 3.37. The van der Waals surface area contributed by atoms with Gasteiger partial charge >= 0.3 is 0 Å². The number of guanidine groups is 1. The molecule has 21 heavy (non-hydrogen) atoms. The Morgan fingerprint density at radius 1 is 1.33 bits per heavy atom. The van der Waals surface area contributed by atoms with Gasteiger partial charge in [0.05, 0.1) is 13.2 Å². The molecule has 0 atom stereocenters. The summed E-state index contributed by atoms with van der Waals surface area (Å²) >= 11 is 0. The lowest BCUT2D eigenvalue weighted by Crippen LogP contribution is -2.35. The van der Waals surface area contributed by atoms with Crippen molar-refractivity contribution in [1.29, 1.82) is 0 Å². The Morgan fingerprint density at radius 2 is 2.19 bits per heavy atom. The monoisotopic (exact) mass is 291 g/mol. The quantitative estimate of drug-likeness (QED) is 0.778. The standard InChI is InChI=1S/C16H25N3O2/c1-4-20-9-10-21-15-11-13(2)5-6-14(15)12-18-16-17-7-8-19(16)3/h5-6,11H,4,7-10,12H2,1-3H3,(H,17,18). The number of benzene rings is 1. The number of likely N-dealkylation sites (N-methyl/N-ethyl adjacent to an activating group) is 1. The smallest absolute Gasteiger partial charge is 0.194 e. The van der Waals surface area contributed by atoms with E-state index in [2.05, 4.69) is 40.3 Å². The molecule has 0 bridgehead atoms. The summed E-state index contributed by atoms with van der Waals surface area (Å²) in [7, 11) is 2.05. The van der Waals surface area contributed by atoms with Gasteiger partial charge < -0.3 is 19.7 Å². The molecule has 1 aliphatic heterocycles. The Bertz CT molecular complexity index is 488. The van der Waals surface area contributed by atoms with Crippen molar-refractivity contribution in [3.8, 4) is 5.75 Å². The van der Waals surface area contributed by atoms with Crippen molar-refractivity contribution in [3.05, 3.63) is 29.3 Å². The van der Waals surface area contributed by atoms with Gasteiger partial charge in [0.25, 0.3) is 0 Å². The topological polar surface area (TPSA) is 46.1 Å². The highest BCUT2D eigenvalue weighted by atomic mass is 16.5. The highest BCUT2D eigenvalue weighted by Crippen LogP contribution is 2.20. The highest BCUT2D eigenvalue weighted by Gasteiger charge is 2.12. The average molecular weight is 291 g/mol. The fourth-order valence-corrected chi connectivity index (χ4v) is 2.19. The van der Waals surface area contributed by atoms with Gasteiger partial charge in [0, 0.05) is 32.3 Å². The van der Waals surface area contributed by atoms with Crippen LogP contribution in [0.1, 0.15) is 18.1 Å². The predicted octanol–water partition coefficient (Wildman–Crippen LogP) is 1.80. The van der Waals surface area contributed by atoms with E-state index in [-0.39, 0.29) is 0 Å². The molecule has 1 aliphatic rings. The maximum Gasteiger partial charge on any atom is 0.194 e. The molecule has 0 saturated carbocycles. The molecule has 5 heteroatoms. The molecule has 0 unspecified atom stereocenters. The minimum absolute atomic E-state index is 0.575. The maximum atomic E-state index is 5.84. The van der Waals surface area contributed by atoms with Crippen molar-refractivity contribution in [2.45, 2.75) is 20.4 Å². The first-order chi connectivity index (χ1) is 10.2. The van der Waals surface area contributed by atoms with E-state index in [1.807, 2.05) is 14.0 Å². The number of hydrogen-bond acceptors (Lipinski definition) is 5. The lowest BCUT2D eigenvalue weighted by atomic mass is 10.1. The molecule has 1 aromatic carbocycles. The minimum Gasteiger partial charge on any atom is -0.491 e. The first-order valence-electron chi connectivity index (χ1n) is 7.50. The van der Waals surface area contributed by atoms with Crippen LogP contribution in [0, 0.1) is 6.92 Å². The summed E-state index contributed by atoms with van der Waals surface area (Å²) in [6.07, 6.45) is 0. The summed E-state index contributed by atoms with van der Waals surface area (Å²) in [6, 6.07) is 6.28. The summed E-state index contributed by atoms with van der Waals surface area (Å²) in [5.41, 5.74) is 2.33. The Kier molecular flexibility index (Phi) is 5.87. The number of rotatable bonds is 7. The largest absolute Gasteiger partial charge is 0.491 e. The van der Waals surface area contributed by atoms with Gasteiger partial charge in [0.2, 0.25) is 0 Å². The van der Waals surface area contributed by atoms with E-state index in [0.29, 0.717) is 19.8 Å². The number of ether oxygens (including phenoxy) is 2. The molecular weight excluding hydrogens is 266 g/mol. The van der Waals surface area contributed by atoms with E-state index in [4.69, 9.17) is 9.47 Å². The van der Waals surface area contributed by atoms with Crippen LogP contribution in [0.25, 0.3) is 0 Å². The van der Waals surface area contributed by atoms with Crippen LogP contribution in [0.3, 0.4) is 0 Å². The first-order valence-corrected chi connectivity index (χ1v) is 7.50. The molecule has 1 aromatic rings. The highest BCUT2D eigenvalue weighted by molar-refractivity contribution is 5.81. The summed E-state index contributed by atoms with van der Waals surface area (Å²) in [6.45, 7) is 8.53. The predicted molar refractivity (Wildman–Crippen MR) is 84.9 cm³/mol. The second-order valence-corrected chi connectivity index (χ2v) is 5.14. The van der Waals surface area contributed by atoms with Crippen LogP contribution >= 0.6 is 0 Å². The summed E-state index contributed by atoms with van der Waals surface area (Å²) in [4.78, 5) is 6.56. The van der Waals surface area contributed by atoms with Gasteiger partial charge in [-0.3, -0.25) is 4.99 Å². The second kappa shape index (κ2) is 7.88. The Morgan fingerprint density at radius 3 is 2.90 bits per heavy atom. The number of aryl methyl sites for hydroxylation is 1. The zero-order valence-electron chi connectivity index (χ0n) is 13.2. The molecule has 116 valence electrons. The minimum atomic E-state index is 0.575. The van der Waals surface area contributed by atoms with Gasteiger partial charge in [-0.15, -0.1) is 0 Å². The van der Waals surface area contributed by atoms with Crippen molar-refractivity contribution in [1.82, 2.24) is 10.2 Å². The van der Waals surface area contributed by atoms with Crippen LogP contribution in [0.5, 0.6) is 5.75 Å². The van der Waals surface area contributed by atoms with Crippen LogP contribution in [0.2, 0.25) is 0 Å². The Labute approximate surface area is 127 Å². The molecule has 0 aromatic heterocycles. The van der Waals surface area contributed by atoms with Gasteiger partial charge in [-0.2, -0.15) is 0 Å². The molecule has 0 fully saturated rings. The van der Waals surface area contributed by atoms with E-state index in [1.165, 1.54) is 5.56 Å². The molecule has 2 rings (SSSR count). The second-order valence-electron chi connectivity index (χ2n) is 5.14. The molecule has 1 heterocycles. The van der Waals surface area contributed by atoms with Gasteiger partial charge in [0.15, 0.2) is 5.96 Å². The van der Waals surface area contributed by atoms with Crippen molar-refractivity contribution in [2.75, 3.05) is 40.0 Å². The maximum absolute atomic E-state index is 5.84. The van der Waals surface area contributed by atoms with Crippen LogP contribution in [0.4, 0.5) is 0 Å². The molecule has 0 aliphatic carbocycles. The average Bonchev–Trinajstić information content (AvgIpc) is 2.88. The molecule has 1 N–H and O–H groups in total. The van der Waals surface area contributed by atoms with E-state index in [9.17, 15) is 0 Å². The van der Waals surface area contributed by atoms with Crippen molar-refractivity contribution < 1.29 is 9.47 Å². The zero-order valence-corrected chi connectivity index (χ0v) is 13.2. The third-order valence-electron chi connectivity index (χ3n) is 3.41. The lowest BCUT2D eigenvalue weighted by molar-refractivity contribution is 0.110. The molecule has 0 radical (unpaired) electrons. The van der Waals surface area contributed by atoms with Gasteiger partial charge in [0.1, 0.15) is 12.4 Å². The fraction of sp³-hybridized carbons (Fsp3) is 0.562. The third-order valence-corrected chi connectivity index (χ3v) is 3.41. The number of hydrogen-bond donors (Lipinski definition) is 1. The van der Waals surface area contributed by atoms with Gasteiger partial charge in [-0.25, -0.2) is 0 Å². The van der Waals surface area contributed by atoms with E-state index in [1.54, 1.807) is 0 Å². The van der Waals surface area contributed by atoms with Crippen LogP contribution in [0.15, 0.2) is 23.2 Å². The van der Waals surface area contributed by atoms with Crippen molar-refractivity contribution in [3.63, 3.8) is 0 Å². The number of nitrogens with zero attached hydrogens (tertiary/aromatic N) is 2. The molecule has 0 spiro atoms. The Hall–Kier alpha value is -1.75. The zero-order chi connectivity index (χ0) is 15.1. The lowest BCUT2D eigenvalue weighted by Gasteiger charge is -2.17. The molecule has 5 nitrogen and oxygen atoms in total. The van der Waals surface area contributed by atoms with E-state index >= 15 is 0 Å². The van der Waals surface area contributed by atoms with Crippen molar-refractivity contribution >= 4 is 5.96 Å². The first kappa shape index (κ1) is 15.6. The van der Waals surface area contributed by atoms with Gasteiger partial charge in [-0.05, 0) is 25.5 Å². The van der Waals surface area contributed by atoms with Crippen LogP contribution in [-0.4, -0.2) is 50.8 Å². The number of nitrogens with one attached hydrogen (secondary N) is 1. The van der Waals surface area contributed by atoms with Crippen LogP contribution < -0.4 is 10.1 Å². The SMILES string of the molecule is CCOCCOc1cc(C)ccc1CNC1=NCCN1C. The van der Waals surface area contributed by atoms with E-state index in [0.717, 1.165) is 37.0 Å². The fourth-order valence-electron chi connectivity index (χ4n) is 2.19.